The van der Waals surface area contributed by atoms with Gasteiger partial charge in [-0.1, -0.05) is 36.8 Å². The molecule has 118 valence electrons. The van der Waals surface area contributed by atoms with Gasteiger partial charge in [-0.05, 0) is 51.9 Å². The van der Waals surface area contributed by atoms with Crippen LogP contribution in [-0.4, -0.2) is 49.1 Å². The zero-order valence-electron chi connectivity index (χ0n) is 13.9. The van der Waals surface area contributed by atoms with Crippen molar-refractivity contribution in [3.63, 3.8) is 0 Å². The second-order valence-electron chi connectivity index (χ2n) is 6.52. The highest BCUT2D eigenvalue weighted by Gasteiger charge is 2.22. The van der Waals surface area contributed by atoms with Crippen molar-refractivity contribution < 1.29 is 0 Å². The third-order valence-electron chi connectivity index (χ3n) is 4.73. The van der Waals surface area contributed by atoms with Crippen molar-refractivity contribution in [2.45, 2.75) is 45.2 Å². The molecule has 3 nitrogen and oxygen atoms in total. The lowest BCUT2D eigenvalue weighted by molar-refractivity contribution is 0.178. The molecule has 0 saturated carbocycles. The van der Waals surface area contributed by atoms with Crippen molar-refractivity contribution in [3.05, 3.63) is 35.4 Å². The Kier molecular flexibility index (Phi) is 6.22. The van der Waals surface area contributed by atoms with Gasteiger partial charge in [-0.3, -0.25) is 4.90 Å². The second kappa shape index (κ2) is 7.92. The number of benzene rings is 1. The Morgan fingerprint density at radius 3 is 2.62 bits per heavy atom. The summed E-state index contributed by atoms with van der Waals surface area (Å²) in [4.78, 5) is 5.12. The molecule has 2 rings (SSSR count). The normalized spacial score (nSPS) is 23.0. The van der Waals surface area contributed by atoms with Crippen molar-refractivity contribution in [3.8, 4) is 0 Å². The minimum absolute atomic E-state index is 0.157. The predicted molar refractivity (Wildman–Crippen MR) is 90.5 cm³/mol. The van der Waals surface area contributed by atoms with Crippen LogP contribution in [0.3, 0.4) is 0 Å². The molecule has 0 radical (unpaired) electrons. The van der Waals surface area contributed by atoms with Crippen LogP contribution >= 0.6 is 0 Å². The summed E-state index contributed by atoms with van der Waals surface area (Å²) in [5.41, 5.74) is 8.94. The van der Waals surface area contributed by atoms with Crippen LogP contribution in [0.2, 0.25) is 0 Å². The topological polar surface area (TPSA) is 32.5 Å². The minimum Gasteiger partial charge on any atom is -0.324 e. The van der Waals surface area contributed by atoms with Crippen molar-refractivity contribution >= 4 is 0 Å². The molecular weight excluding hydrogens is 258 g/mol. The van der Waals surface area contributed by atoms with Gasteiger partial charge in [-0.2, -0.15) is 0 Å². The molecule has 0 bridgehead atoms. The number of hydrogen-bond donors (Lipinski definition) is 1. The Labute approximate surface area is 130 Å². The highest BCUT2D eigenvalue weighted by molar-refractivity contribution is 5.23. The molecule has 0 spiro atoms. The smallest absolute Gasteiger partial charge is 0.0307 e. The Balaban J connectivity index is 1.89. The van der Waals surface area contributed by atoms with Crippen LogP contribution in [0.5, 0.6) is 0 Å². The van der Waals surface area contributed by atoms with Gasteiger partial charge >= 0.3 is 0 Å². The molecule has 2 unspecified atom stereocenters. The largest absolute Gasteiger partial charge is 0.324 e. The van der Waals surface area contributed by atoms with Crippen LogP contribution in [0, 0.1) is 6.92 Å². The molecule has 1 heterocycles. The van der Waals surface area contributed by atoms with Crippen LogP contribution in [0.25, 0.3) is 0 Å². The summed E-state index contributed by atoms with van der Waals surface area (Å²) in [6.45, 7) is 9.16. The van der Waals surface area contributed by atoms with Gasteiger partial charge in [0.2, 0.25) is 0 Å². The van der Waals surface area contributed by atoms with Crippen molar-refractivity contribution in [1.82, 2.24) is 9.80 Å². The quantitative estimate of drug-likeness (QED) is 0.904. The standard InChI is InChI=1S/C18H31N3/c1-4-17-14-20(3)11-5-12-21(17)13-10-18(19)16-8-6-15(2)7-9-16/h6-9,17-18H,4-5,10-14,19H2,1-3H3. The third kappa shape index (κ3) is 4.80. The molecule has 1 saturated heterocycles. The molecule has 1 aliphatic rings. The summed E-state index contributed by atoms with van der Waals surface area (Å²) >= 11 is 0. The number of likely N-dealkylation sites (N-methyl/N-ethyl adjacent to an activating group) is 1. The van der Waals surface area contributed by atoms with E-state index in [0.29, 0.717) is 6.04 Å². The van der Waals surface area contributed by atoms with Crippen LogP contribution in [0.15, 0.2) is 24.3 Å². The maximum absolute atomic E-state index is 6.38. The zero-order chi connectivity index (χ0) is 15.2. The number of hydrogen-bond acceptors (Lipinski definition) is 3. The fraction of sp³-hybridized carbons (Fsp3) is 0.667. The van der Waals surface area contributed by atoms with Gasteiger partial charge in [0, 0.05) is 25.2 Å². The van der Waals surface area contributed by atoms with Crippen molar-refractivity contribution in [2.75, 3.05) is 33.2 Å². The molecule has 1 aromatic rings. The number of aryl methyl sites for hydroxylation is 1. The average Bonchev–Trinajstić information content (AvgIpc) is 2.66. The highest BCUT2D eigenvalue weighted by Crippen LogP contribution is 2.18. The highest BCUT2D eigenvalue weighted by atomic mass is 15.2. The van der Waals surface area contributed by atoms with E-state index in [-0.39, 0.29) is 6.04 Å². The first kappa shape index (κ1) is 16.5. The maximum Gasteiger partial charge on any atom is 0.0307 e. The molecule has 0 aliphatic carbocycles. The first-order valence-electron chi connectivity index (χ1n) is 8.35. The van der Waals surface area contributed by atoms with Gasteiger partial charge in [0.25, 0.3) is 0 Å². The SMILES string of the molecule is CCC1CN(C)CCCN1CCC(N)c1ccc(C)cc1. The third-order valence-corrected chi connectivity index (χ3v) is 4.73. The van der Waals surface area contributed by atoms with E-state index < -0.39 is 0 Å². The van der Waals surface area contributed by atoms with E-state index >= 15 is 0 Å². The van der Waals surface area contributed by atoms with E-state index in [1.165, 1.54) is 43.6 Å². The number of rotatable bonds is 5. The fourth-order valence-corrected chi connectivity index (χ4v) is 3.26. The van der Waals surface area contributed by atoms with Gasteiger partial charge in [-0.15, -0.1) is 0 Å². The zero-order valence-corrected chi connectivity index (χ0v) is 13.9. The molecule has 2 atom stereocenters. The number of nitrogens with two attached hydrogens (primary N) is 1. The Morgan fingerprint density at radius 2 is 1.95 bits per heavy atom. The molecule has 3 heteroatoms. The molecule has 21 heavy (non-hydrogen) atoms. The lowest BCUT2D eigenvalue weighted by Gasteiger charge is -2.31. The van der Waals surface area contributed by atoms with Gasteiger partial charge in [0.1, 0.15) is 0 Å². The summed E-state index contributed by atoms with van der Waals surface area (Å²) in [7, 11) is 2.24. The lowest BCUT2D eigenvalue weighted by atomic mass is 10.0. The van der Waals surface area contributed by atoms with E-state index in [0.717, 1.165) is 13.0 Å². The molecular formula is C18H31N3. The van der Waals surface area contributed by atoms with E-state index in [1.807, 2.05) is 0 Å². The first-order valence-corrected chi connectivity index (χ1v) is 8.35. The molecule has 0 amide bonds. The van der Waals surface area contributed by atoms with Crippen LogP contribution in [0.4, 0.5) is 0 Å². The molecule has 1 aromatic carbocycles. The fourth-order valence-electron chi connectivity index (χ4n) is 3.26. The van der Waals surface area contributed by atoms with Gasteiger partial charge in [0.05, 0.1) is 0 Å². The van der Waals surface area contributed by atoms with Crippen LogP contribution in [0.1, 0.15) is 43.4 Å². The Bertz CT molecular complexity index is 415. The monoisotopic (exact) mass is 289 g/mol. The summed E-state index contributed by atoms with van der Waals surface area (Å²) < 4.78 is 0. The van der Waals surface area contributed by atoms with E-state index in [9.17, 15) is 0 Å². The molecule has 0 aromatic heterocycles. The van der Waals surface area contributed by atoms with Crippen LogP contribution < -0.4 is 5.73 Å². The van der Waals surface area contributed by atoms with Gasteiger partial charge in [0.15, 0.2) is 0 Å². The summed E-state index contributed by atoms with van der Waals surface area (Å²) in [5.74, 6) is 0. The average molecular weight is 289 g/mol. The van der Waals surface area contributed by atoms with Crippen molar-refractivity contribution in [2.24, 2.45) is 5.73 Å². The summed E-state index contributed by atoms with van der Waals surface area (Å²) in [5, 5.41) is 0. The van der Waals surface area contributed by atoms with E-state index in [4.69, 9.17) is 5.73 Å². The second-order valence-corrected chi connectivity index (χ2v) is 6.52. The molecule has 1 fully saturated rings. The van der Waals surface area contributed by atoms with Crippen molar-refractivity contribution in [1.29, 1.82) is 0 Å². The van der Waals surface area contributed by atoms with Crippen LogP contribution in [-0.2, 0) is 0 Å². The summed E-state index contributed by atoms with van der Waals surface area (Å²) in [6, 6.07) is 9.50. The van der Waals surface area contributed by atoms with Gasteiger partial charge < -0.3 is 10.6 Å². The Hall–Kier alpha value is -0.900. The predicted octanol–water partition coefficient (Wildman–Crippen LogP) is 2.80. The van der Waals surface area contributed by atoms with E-state index in [2.05, 4.69) is 55.0 Å². The first-order chi connectivity index (χ1) is 10.1. The van der Waals surface area contributed by atoms with Gasteiger partial charge in [-0.25, -0.2) is 0 Å². The Morgan fingerprint density at radius 1 is 1.24 bits per heavy atom. The van der Waals surface area contributed by atoms with E-state index in [1.54, 1.807) is 0 Å². The lowest BCUT2D eigenvalue weighted by Crippen LogP contribution is -2.40. The number of nitrogens with zero attached hydrogens (tertiary/aromatic N) is 2. The summed E-state index contributed by atoms with van der Waals surface area (Å²) in [6.07, 6.45) is 3.54. The molecule has 1 aliphatic heterocycles. The molecule has 2 N–H and O–H groups in total. The maximum atomic E-state index is 6.38. The minimum atomic E-state index is 0.157.